The Hall–Kier alpha value is -1.12. The third-order valence-electron chi connectivity index (χ3n) is 2.93. The fraction of sp³-hybridized carbons (Fsp3) is 0.600. The number of hydrogen-bond acceptors (Lipinski definition) is 2. The fourth-order valence-electron chi connectivity index (χ4n) is 2.06. The summed E-state index contributed by atoms with van der Waals surface area (Å²) in [6, 6.07) is 0. The number of rotatable bonds is 0. The van der Waals surface area contributed by atoms with Crippen LogP contribution in [0.3, 0.4) is 0 Å². The van der Waals surface area contributed by atoms with E-state index in [0.29, 0.717) is 5.92 Å². The van der Waals surface area contributed by atoms with Gasteiger partial charge in [0.2, 0.25) is 0 Å². The normalized spacial score (nSPS) is 28.5. The average Bonchev–Trinajstić information content (AvgIpc) is 2.32. The number of carbonyl (C=O) groups excluding carboxylic acids is 2. The highest BCUT2D eigenvalue weighted by molar-refractivity contribution is 6.19. The lowest BCUT2D eigenvalue weighted by Gasteiger charge is -2.16. The highest BCUT2D eigenvalue weighted by Gasteiger charge is 2.37. The molecule has 1 heterocycles. The van der Waals surface area contributed by atoms with Crippen LogP contribution in [0.15, 0.2) is 11.1 Å². The smallest absolute Gasteiger partial charge is 0.256 e. The molecule has 0 saturated carbocycles. The van der Waals surface area contributed by atoms with E-state index in [0.717, 1.165) is 30.4 Å². The van der Waals surface area contributed by atoms with Gasteiger partial charge in [-0.3, -0.25) is 14.5 Å². The van der Waals surface area contributed by atoms with Gasteiger partial charge in [0.05, 0.1) is 0 Å². The highest BCUT2D eigenvalue weighted by atomic mass is 16.2. The van der Waals surface area contributed by atoms with Crippen LogP contribution in [-0.4, -0.2) is 23.8 Å². The zero-order valence-corrected chi connectivity index (χ0v) is 7.96. The molecule has 0 aromatic rings. The van der Waals surface area contributed by atoms with Crippen molar-refractivity contribution >= 4 is 11.8 Å². The maximum Gasteiger partial charge on any atom is 0.256 e. The van der Waals surface area contributed by atoms with E-state index in [-0.39, 0.29) is 11.8 Å². The van der Waals surface area contributed by atoms with Gasteiger partial charge in [0.1, 0.15) is 0 Å². The first-order valence-corrected chi connectivity index (χ1v) is 4.65. The maximum atomic E-state index is 11.5. The SMILES string of the molecule is CC1CCC2=C(C1)C(=O)N(C)C2=O. The third kappa shape index (κ3) is 1.10. The van der Waals surface area contributed by atoms with Crippen molar-refractivity contribution in [3.63, 3.8) is 0 Å². The molecule has 0 aromatic heterocycles. The minimum atomic E-state index is -0.0773. The molecular formula is C10H13NO2. The second-order valence-corrected chi connectivity index (χ2v) is 3.97. The summed E-state index contributed by atoms with van der Waals surface area (Å²) in [5.74, 6) is 0.389. The molecule has 1 aliphatic heterocycles. The molecule has 0 aromatic carbocycles. The minimum absolute atomic E-state index is 0.0769. The summed E-state index contributed by atoms with van der Waals surface area (Å²) in [5.41, 5.74) is 1.54. The molecule has 2 amide bonds. The number of imide groups is 1. The molecular weight excluding hydrogens is 166 g/mol. The molecule has 0 radical (unpaired) electrons. The molecule has 0 fully saturated rings. The van der Waals surface area contributed by atoms with Gasteiger partial charge >= 0.3 is 0 Å². The summed E-state index contributed by atoms with van der Waals surface area (Å²) < 4.78 is 0. The number of hydrogen-bond donors (Lipinski definition) is 0. The summed E-state index contributed by atoms with van der Waals surface area (Å²) in [5, 5.41) is 0. The van der Waals surface area contributed by atoms with Gasteiger partial charge in [0.25, 0.3) is 11.8 Å². The van der Waals surface area contributed by atoms with Crippen LogP contribution in [0, 0.1) is 5.92 Å². The Morgan fingerprint density at radius 2 is 1.85 bits per heavy atom. The van der Waals surface area contributed by atoms with Gasteiger partial charge < -0.3 is 0 Å². The van der Waals surface area contributed by atoms with Gasteiger partial charge in [0.15, 0.2) is 0 Å². The summed E-state index contributed by atoms with van der Waals surface area (Å²) in [6.45, 7) is 2.12. The van der Waals surface area contributed by atoms with Crippen molar-refractivity contribution in [1.82, 2.24) is 4.90 Å². The molecule has 3 nitrogen and oxygen atoms in total. The van der Waals surface area contributed by atoms with Gasteiger partial charge in [-0.05, 0) is 25.2 Å². The van der Waals surface area contributed by atoms with E-state index in [9.17, 15) is 9.59 Å². The summed E-state index contributed by atoms with van der Waals surface area (Å²) >= 11 is 0. The van der Waals surface area contributed by atoms with Crippen LogP contribution in [0.4, 0.5) is 0 Å². The molecule has 0 saturated heterocycles. The molecule has 1 aliphatic carbocycles. The van der Waals surface area contributed by atoms with Crippen LogP contribution >= 0.6 is 0 Å². The molecule has 0 bridgehead atoms. The van der Waals surface area contributed by atoms with Crippen LogP contribution in [0.1, 0.15) is 26.2 Å². The van der Waals surface area contributed by atoms with E-state index in [1.807, 2.05) is 0 Å². The topological polar surface area (TPSA) is 37.4 Å². The molecule has 2 rings (SSSR count). The average molecular weight is 179 g/mol. The van der Waals surface area contributed by atoms with Gasteiger partial charge in [-0.1, -0.05) is 6.92 Å². The monoisotopic (exact) mass is 179 g/mol. The second-order valence-electron chi connectivity index (χ2n) is 3.97. The van der Waals surface area contributed by atoms with Crippen molar-refractivity contribution in [2.75, 3.05) is 7.05 Å². The zero-order chi connectivity index (χ0) is 9.59. The van der Waals surface area contributed by atoms with E-state index < -0.39 is 0 Å². The van der Waals surface area contributed by atoms with Crippen molar-refractivity contribution in [3.8, 4) is 0 Å². The van der Waals surface area contributed by atoms with E-state index >= 15 is 0 Å². The second kappa shape index (κ2) is 2.69. The Kier molecular flexibility index (Phi) is 1.75. The first-order chi connectivity index (χ1) is 6.11. The lowest BCUT2D eigenvalue weighted by atomic mass is 9.86. The Bertz CT molecular complexity index is 317. The van der Waals surface area contributed by atoms with Gasteiger partial charge in [0, 0.05) is 18.2 Å². The van der Waals surface area contributed by atoms with Crippen LogP contribution in [0.5, 0.6) is 0 Å². The molecule has 0 N–H and O–H groups in total. The van der Waals surface area contributed by atoms with Crippen molar-refractivity contribution in [1.29, 1.82) is 0 Å². The van der Waals surface area contributed by atoms with Gasteiger partial charge in [-0.2, -0.15) is 0 Å². The quantitative estimate of drug-likeness (QED) is 0.522. The molecule has 2 aliphatic rings. The lowest BCUT2D eigenvalue weighted by Crippen LogP contribution is -2.26. The van der Waals surface area contributed by atoms with Crippen LogP contribution in [-0.2, 0) is 9.59 Å². The number of carbonyl (C=O) groups is 2. The number of likely N-dealkylation sites (N-methyl/N-ethyl adjacent to an activating group) is 1. The Labute approximate surface area is 77.4 Å². The lowest BCUT2D eigenvalue weighted by molar-refractivity contribution is -0.136. The van der Waals surface area contributed by atoms with Crippen molar-refractivity contribution in [3.05, 3.63) is 11.1 Å². The van der Waals surface area contributed by atoms with E-state index in [1.165, 1.54) is 4.90 Å². The Balaban J connectivity index is 2.37. The fourth-order valence-corrected chi connectivity index (χ4v) is 2.06. The minimum Gasteiger partial charge on any atom is -0.278 e. The van der Waals surface area contributed by atoms with Crippen molar-refractivity contribution in [2.24, 2.45) is 5.92 Å². The summed E-state index contributed by atoms with van der Waals surface area (Å²) in [6.07, 6.45) is 2.60. The van der Waals surface area contributed by atoms with Crippen molar-refractivity contribution in [2.45, 2.75) is 26.2 Å². The predicted octanol–water partition coefficient (Wildman–Crippen LogP) is 1.10. The van der Waals surface area contributed by atoms with E-state index in [4.69, 9.17) is 0 Å². The summed E-state index contributed by atoms with van der Waals surface area (Å²) in [4.78, 5) is 24.3. The summed E-state index contributed by atoms with van der Waals surface area (Å²) in [7, 11) is 1.56. The largest absolute Gasteiger partial charge is 0.278 e. The first-order valence-electron chi connectivity index (χ1n) is 4.65. The van der Waals surface area contributed by atoms with Crippen molar-refractivity contribution < 1.29 is 9.59 Å². The molecule has 0 spiro atoms. The molecule has 1 unspecified atom stereocenters. The number of nitrogens with zero attached hydrogens (tertiary/aromatic N) is 1. The Morgan fingerprint density at radius 1 is 1.23 bits per heavy atom. The highest BCUT2D eigenvalue weighted by Crippen LogP contribution is 2.34. The molecule has 13 heavy (non-hydrogen) atoms. The zero-order valence-electron chi connectivity index (χ0n) is 7.96. The predicted molar refractivity (Wildman–Crippen MR) is 47.8 cm³/mol. The van der Waals surface area contributed by atoms with E-state index in [1.54, 1.807) is 7.05 Å². The Morgan fingerprint density at radius 3 is 2.54 bits per heavy atom. The van der Waals surface area contributed by atoms with E-state index in [2.05, 4.69) is 6.92 Å². The first kappa shape index (κ1) is 8.48. The third-order valence-corrected chi connectivity index (χ3v) is 2.93. The van der Waals surface area contributed by atoms with Crippen LogP contribution < -0.4 is 0 Å². The molecule has 70 valence electrons. The molecule has 3 heteroatoms. The maximum absolute atomic E-state index is 11.5. The number of amides is 2. The van der Waals surface area contributed by atoms with Crippen LogP contribution in [0.25, 0.3) is 0 Å². The van der Waals surface area contributed by atoms with Gasteiger partial charge in [-0.25, -0.2) is 0 Å². The molecule has 1 atom stereocenters. The van der Waals surface area contributed by atoms with Gasteiger partial charge in [-0.15, -0.1) is 0 Å². The standard InChI is InChI=1S/C10H13NO2/c1-6-3-4-7-8(5-6)10(13)11(2)9(7)12/h6H,3-5H2,1-2H3. The van der Waals surface area contributed by atoms with Crippen LogP contribution in [0.2, 0.25) is 0 Å².